The average molecular weight is 875 g/mol. The van der Waals surface area contributed by atoms with Crippen LogP contribution in [0.25, 0.3) is 0 Å². The largest absolute Gasteiger partial charge is 0.489 e. The number of nitrogens with one attached hydrogen (secondary N) is 1. The lowest BCUT2D eigenvalue weighted by molar-refractivity contribution is -0.164. The number of amides is 2. The molecule has 63 heavy (non-hydrogen) atoms. The van der Waals surface area contributed by atoms with Gasteiger partial charge in [0.1, 0.15) is 17.9 Å². The van der Waals surface area contributed by atoms with Crippen LogP contribution in [0.5, 0.6) is 5.75 Å². The van der Waals surface area contributed by atoms with Crippen LogP contribution in [0, 0.1) is 35.0 Å². The first-order valence-corrected chi connectivity index (χ1v) is 23.1. The second-order valence-corrected chi connectivity index (χ2v) is 20.0. The van der Waals surface area contributed by atoms with Crippen LogP contribution in [0.1, 0.15) is 111 Å². The normalized spacial score (nSPS) is 22.4. The summed E-state index contributed by atoms with van der Waals surface area (Å²) < 4.78 is 8.75. The van der Waals surface area contributed by atoms with Crippen molar-refractivity contribution in [2.24, 2.45) is 16.7 Å². The molecular formula is C48H60ClN11O3. The lowest BCUT2D eigenvalue weighted by atomic mass is 9.49. The molecule has 4 aromatic rings. The molecule has 3 aromatic heterocycles. The third-order valence-corrected chi connectivity index (χ3v) is 14.9. The van der Waals surface area contributed by atoms with Crippen molar-refractivity contribution in [3.8, 4) is 11.8 Å². The zero-order chi connectivity index (χ0) is 44.2. The highest BCUT2D eigenvalue weighted by molar-refractivity contribution is 6.31. The van der Waals surface area contributed by atoms with E-state index in [2.05, 4.69) is 86.4 Å². The summed E-state index contributed by atoms with van der Waals surface area (Å²) in [6, 6.07) is 9.56. The number of benzene rings is 1. The molecule has 0 spiro atoms. The molecule has 1 saturated carbocycles. The molecule has 4 aliphatic heterocycles. The number of hydrogen-bond acceptors (Lipinski definition) is 11. The summed E-state index contributed by atoms with van der Waals surface area (Å²) in [7, 11) is 0. The molecule has 15 heteroatoms. The maximum atomic E-state index is 13.5. The van der Waals surface area contributed by atoms with Gasteiger partial charge in [0.25, 0.3) is 5.91 Å². The zero-order valence-corrected chi connectivity index (χ0v) is 38.3. The van der Waals surface area contributed by atoms with Gasteiger partial charge in [-0.15, -0.1) is 0 Å². The molecule has 2 saturated heterocycles. The molecule has 332 valence electrons. The topological polar surface area (TPSA) is 149 Å². The van der Waals surface area contributed by atoms with Gasteiger partial charge in [-0.05, 0) is 75.1 Å². The molecule has 9 rings (SSSR count). The molecule has 1 aromatic carbocycles. The Bertz CT molecular complexity index is 2390. The Kier molecular flexibility index (Phi) is 11.6. The predicted molar refractivity (Wildman–Crippen MR) is 242 cm³/mol. The first-order valence-electron chi connectivity index (χ1n) is 22.8. The summed E-state index contributed by atoms with van der Waals surface area (Å²) in [4.78, 5) is 49.2. The van der Waals surface area contributed by atoms with Gasteiger partial charge in [0, 0.05) is 123 Å². The fourth-order valence-corrected chi connectivity index (χ4v) is 11.7. The standard InChI is InChI=1S/C48H60ClN11O3/c1-30-22-41-34(25-51-30)8-7-16-59(41)42-38-29-58(31(2)61)21-15-40(38)60(55-42)36-13-17-56(18-14-36)28-32-11-19-57(20-12-32)46-52-26-35(27-53-46)43(62)54-44-47(3,4)45(48(44,5)6)63-37-10-9-33(24-50)39(49)23-37/h9-10,22-23,25-27,32,36,44-45H,7-8,11-21,28-29H2,1-6H3,(H,54,62). The van der Waals surface area contributed by atoms with Crippen molar-refractivity contribution in [2.75, 3.05) is 55.6 Å². The molecule has 5 aliphatic rings. The third kappa shape index (κ3) is 8.23. The molecule has 7 heterocycles. The Labute approximate surface area is 376 Å². The van der Waals surface area contributed by atoms with Crippen molar-refractivity contribution in [3.63, 3.8) is 0 Å². The minimum absolute atomic E-state index is 0.122. The molecule has 0 bridgehead atoms. The number of carbonyl (C=O) groups excluding carboxylic acids is 2. The van der Waals surface area contributed by atoms with Crippen molar-refractivity contribution in [3.05, 3.63) is 81.5 Å². The Hall–Kier alpha value is -5.26. The van der Waals surface area contributed by atoms with E-state index in [0.717, 1.165) is 102 Å². The van der Waals surface area contributed by atoms with Crippen molar-refractivity contribution in [1.29, 1.82) is 5.26 Å². The van der Waals surface area contributed by atoms with E-state index in [9.17, 15) is 14.9 Å². The molecular weight excluding hydrogens is 814 g/mol. The minimum Gasteiger partial charge on any atom is -0.489 e. The number of likely N-dealkylation sites (tertiary alicyclic amines) is 1. The fourth-order valence-electron chi connectivity index (χ4n) is 11.4. The van der Waals surface area contributed by atoms with Crippen LogP contribution in [-0.2, 0) is 24.2 Å². The molecule has 1 aliphatic carbocycles. The SMILES string of the molecule is CC(=O)N1CCc2c(c(N3CCCc4cnc(C)cc43)nn2C2CCN(CC3CCN(c4ncc(C(=O)NC5C(C)(C)C(Oc6ccc(C#N)c(Cl)c6)C5(C)C)cn4)CC3)CC2)C1. The van der Waals surface area contributed by atoms with Crippen molar-refractivity contribution in [2.45, 2.75) is 111 Å². The minimum atomic E-state index is -0.372. The number of nitriles is 1. The van der Waals surface area contributed by atoms with Crippen LogP contribution >= 0.6 is 11.6 Å². The molecule has 0 unspecified atom stereocenters. The number of aryl methyl sites for hydroxylation is 2. The number of aromatic nitrogens is 5. The fraction of sp³-hybridized carbons (Fsp3) is 0.562. The maximum Gasteiger partial charge on any atom is 0.254 e. The van der Waals surface area contributed by atoms with Crippen LogP contribution in [0.15, 0.2) is 42.9 Å². The van der Waals surface area contributed by atoms with E-state index in [1.54, 1.807) is 37.5 Å². The van der Waals surface area contributed by atoms with Crippen molar-refractivity contribution in [1.82, 2.24) is 39.8 Å². The lowest BCUT2D eigenvalue weighted by Crippen LogP contribution is -2.74. The highest BCUT2D eigenvalue weighted by Gasteiger charge is 2.64. The van der Waals surface area contributed by atoms with Gasteiger partial charge in [0.2, 0.25) is 11.9 Å². The smallest absolute Gasteiger partial charge is 0.254 e. The zero-order valence-electron chi connectivity index (χ0n) is 37.5. The van der Waals surface area contributed by atoms with E-state index < -0.39 is 0 Å². The second kappa shape index (κ2) is 17.0. The summed E-state index contributed by atoms with van der Waals surface area (Å²) in [5.74, 6) is 2.81. The van der Waals surface area contributed by atoms with E-state index in [0.29, 0.717) is 46.4 Å². The van der Waals surface area contributed by atoms with Gasteiger partial charge in [-0.3, -0.25) is 19.3 Å². The van der Waals surface area contributed by atoms with Crippen LogP contribution in [0.4, 0.5) is 17.5 Å². The van der Waals surface area contributed by atoms with Crippen LogP contribution < -0.4 is 19.9 Å². The van der Waals surface area contributed by atoms with Crippen LogP contribution in [-0.4, -0.2) is 104 Å². The Balaban J connectivity index is 0.770. The van der Waals surface area contributed by atoms with E-state index in [1.807, 2.05) is 11.1 Å². The Morgan fingerprint density at radius 2 is 1.67 bits per heavy atom. The summed E-state index contributed by atoms with van der Waals surface area (Å²) >= 11 is 6.27. The van der Waals surface area contributed by atoms with E-state index in [4.69, 9.17) is 21.4 Å². The Morgan fingerprint density at radius 3 is 2.35 bits per heavy atom. The molecule has 0 atom stereocenters. The molecule has 3 fully saturated rings. The van der Waals surface area contributed by atoms with Gasteiger partial charge in [-0.2, -0.15) is 10.4 Å². The van der Waals surface area contributed by atoms with E-state index >= 15 is 0 Å². The number of ether oxygens (including phenoxy) is 1. The average Bonchev–Trinajstić information content (AvgIpc) is 3.66. The number of nitrogens with zero attached hydrogens (tertiary/aromatic N) is 10. The number of anilines is 3. The van der Waals surface area contributed by atoms with Gasteiger partial charge >= 0.3 is 0 Å². The van der Waals surface area contributed by atoms with Crippen molar-refractivity contribution < 1.29 is 14.3 Å². The number of fused-ring (bicyclic) bond motifs is 2. The highest BCUT2D eigenvalue weighted by Crippen LogP contribution is 2.55. The number of piperidine rings is 2. The number of pyridine rings is 1. The first kappa shape index (κ1) is 43.0. The molecule has 0 radical (unpaired) electrons. The third-order valence-electron chi connectivity index (χ3n) is 14.6. The highest BCUT2D eigenvalue weighted by atomic mass is 35.5. The first-order chi connectivity index (χ1) is 30.2. The molecule has 2 amide bonds. The van der Waals surface area contributed by atoms with Gasteiger partial charge in [0.15, 0.2) is 5.82 Å². The van der Waals surface area contributed by atoms with Crippen LogP contribution in [0.2, 0.25) is 5.02 Å². The van der Waals surface area contributed by atoms with Gasteiger partial charge < -0.3 is 29.7 Å². The van der Waals surface area contributed by atoms with E-state index in [1.165, 1.54) is 22.5 Å². The van der Waals surface area contributed by atoms with Gasteiger partial charge in [-0.25, -0.2) is 9.97 Å². The summed E-state index contributed by atoms with van der Waals surface area (Å²) in [6.45, 7) is 19.3. The Morgan fingerprint density at radius 1 is 0.937 bits per heavy atom. The number of carbonyl (C=O) groups is 2. The second-order valence-electron chi connectivity index (χ2n) is 19.6. The monoisotopic (exact) mass is 873 g/mol. The summed E-state index contributed by atoms with van der Waals surface area (Å²) in [5, 5.41) is 18.3. The van der Waals surface area contributed by atoms with Gasteiger partial charge in [0.05, 0.1) is 28.7 Å². The van der Waals surface area contributed by atoms with Crippen molar-refractivity contribution >= 4 is 40.9 Å². The quantitative estimate of drug-likeness (QED) is 0.184. The summed E-state index contributed by atoms with van der Waals surface area (Å²) in [5.41, 5.74) is 6.10. The molecule has 14 nitrogen and oxygen atoms in total. The molecule has 1 N–H and O–H groups in total. The number of halogens is 1. The van der Waals surface area contributed by atoms with E-state index in [-0.39, 0.29) is 34.8 Å². The number of rotatable bonds is 9. The summed E-state index contributed by atoms with van der Waals surface area (Å²) in [6.07, 6.45) is 12.3. The van der Waals surface area contributed by atoms with Crippen LogP contribution in [0.3, 0.4) is 0 Å². The van der Waals surface area contributed by atoms with Gasteiger partial charge in [-0.1, -0.05) is 39.3 Å². The lowest BCUT2D eigenvalue weighted by Gasteiger charge is -2.63. The predicted octanol–water partition coefficient (Wildman–Crippen LogP) is 7.06. The number of hydrogen-bond donors (Lipinski definition) is 1. The maximum absolute atomic E-state index is 13.5.